The zero-order chi connectivity index (χ0) is 21.0. The first kappa shape index (κ1) is 19.4. The monoisotopic (exact) mass is 422 g/mol. The van der Waals surface area contributed by atoms with Gasteiger partial charge in [0.05, 0.1) is 5.39 Å². The molecular formula is C23H26N4O2S. The Morgan fingerprint density at radius 1 is 1.23 bits per heavy atom. The molecule has 0 saturated heterocycles. The van der Waals surface area contributed by atoms with Crippen molar-refractivity contribution in [2.24, 2.45) is 11.3 Å². The van der Waals surface area contributed by atoms with Gasteiger partial charge in [0.15, 0.2) is 4.83 Å². The van der Waals surface area contributed by atoms with Gasteiger partial charge in [-0.3, -0.25) is 9.59 Å². The Balaban J connectivity index is 1.45. The molecule has 5 rings (SSSR count). The van der Waals surface area contributed by atoms with Crippen molar-refractivity contribution in [1.82, 2.24) is 15.0 Å². The SMILES string of the molecule is CC(C)(C)[C@H]1CCc2c(sc3nnn(CC(=O)N4CCc5ccccc54)c(=O)c23)C1. The molecular weight excluding hydrogens is 396 g/mol. The zero-order valence-electron chi connectivity index (χ0n) is 17.6. The number of amides is 1. The van der Waals surface area contributed by atoms with E-state index in [1.54, 1.807) is 16.2 Å². The number of para-hydroxylation sites is 1. The molecule has 3 heterocycles. The summed E-state index contributed by atoms with van der Waals surface area (Å²) in [5.41, 5.74) is 3.29. The Labute approximate surface area is 179 Å². The highest BCUT2D eigenvalue weighted by atomic mass is 32.1. The second kappa shape index (κ2) is 7.01. The molecule has 1 aliphatic carbocycles. The fourth-order valence-electron chi connectivity index (χ4n) is 4.78. The fourth-order valence-corrected chi connectivity index (χ4v) is 6.02. The Kier molecular flexibility index (Phi) is 4.54. The van der Waals surface area contributed by atoms with E-state index in [1.165, 1.54) is 15.1 Å². The lowest BCUT2D eigenvalue weighted by atomic mass is 9.72. The summed E-state index contributed by atoms with van der Waals surface area (Å²) in [6.07, 6.45) is 3.80. The molecule has 1 atom stereocenters. The number of nitrogens with zero attached hydrogens (tertiary/aromatic N) is 4. The highest BCUT2D eigenvalue weighted by Crippen LogP contribution is 2.41. The van der Waals surface area contributed by atoms with Gasteiger partial charge in [-0.05, 0) is 54.2 Å². The molecule has 0 saturated carbocycles. The van der Waals surface area contributed by atoms with Gasteiger partial charge in [0, 0.05) is 17.1 Å². The highest BCUT2D eigenvalue weighted by molar-refractivity contribution is 7.18. The van der Waals surface area contributed by atoms with Crippen molar-refractivity contribution in [3.8, 4) is 0 Å². The van der Waals surface area contributed by atoms with Crippen molar-refractivity contribution >= 4 is 33.1 Å². The van der Waals surface area contributed by atoms with Crippen LogP contribution in [-0.2, 0) is 30.6 Å². The van der Waals surface area contributed by atoms with E-state index in [9.17, 15) is 9.59 Å². The molecule has 30 heavy (non-hydrogen) atoms. The second-order valence-corrected chi connectivity index (χ2v) is 10.5. The van der Waals surface area contributed by atoms with Crippen LogP contribution in [0.4, 0.5) is 5.69 Å². The Morgan fingerprint density at radius 2 is 2.03 bits per heavy atom. The summed E-state index contributed by atoms with van der Waals surface area (Å²) in [5.74, 6) is 0.484. The summed E-state index contributed by atoms with van der Waals surface area (Å²) >= 11 is 1.60. The summed E-state index contributed by atoms with van der Waals surface area (Å²) in [7, 11) is 0. The minimum absolute atomic E-state index is 0.0780. The number of carbonyl (C=O) groups excluding carboxylic acids is 1. The number of thiophene rings is 1. The Morgan fingerprint density at radius 3 is 2.83 bits per heavy atom. The number of rotatable bonds is 2. The largest absolute Gasteiger partial charge is 0.310 e. The lowest BCUT2D eigenvalue weighted by molar-refractivity contribution is -0.119. The summed E-state index contributed by atoms with van der Waals surface area (Å²) in [6.45, 7) is 7.41. The molecule has 1 aromatic carbocycles. The van der Waals surface area contributed by atoms with Gasteiger partial charge in [0.25, 0.3) is 5.56 Å². The van der Waals surface area contributed by atoms with E-state index in [0.717, 1.165) is 36.9 Å². The van der Waals surface area contributed by atoms with Gasteiger partial charge < -0.3 is 4.90 Å². The van der Waals surface area contributed by atoms with E-state index in [-0.39, 0.29) is 23.4 Å². The normalized spacial score (nSPS) is 18.5. The average molecular weight is 423 g/mol. The topological polar surface area (TPSA) is 68.1 Å². The van der Waals surface area contributed by atoms with Crippen molar-refractivity contribution in [2.45, 2.75) is 53.0 Å². The number of aryl methyl sites for hydroxylation is 1. The van der Waals surface area contributed by atoms with Gasteiger partial charge in [0.2, 0.25) is 5.91 Å². The van der Waals surface area contributed by atoms with Gasteiger partial charge in [-0.25, -0.2) is 4.68 Å². The van der Waals surface area contributed by atoms with Crippen LogP contribution in [0.1, 0.15) is 43.2 Å². The maximum atomic E-state index is 13.2. The number of fused-ring (bicyclic) bond motifs is 4. The van der Waals surface area contributed by atoms with Gasteiger partial charge in [-0.2, -0.15) is 0 Å². The van der Waals surface area contributed by atoms with Crippen molar-refractivity contribution in [3.63, 3.8) is 0 Å². The lowest BCUT2D eigenvalue weighted by Crippen LogP contribution is -2.37. The summed E-state index contributed by atoms with van der Waals surface area (Å²) in [6, 6.07) is 7.92. The third-order valence-corrected chi connectivity index (χ3v) is 7.78. The van der Waals surface area contributed by atoms with Gasteiger partial charge in [-0.15, -0.1) is 16.4 Å². The second-order valence-electron chi connectivity index (χ2n) is 9.47. The summed E-state index contributed by atoms with van der Waals surface area (Å²) in [5, 5.41) is 9.09. The van der Waals surface area contributed by atoms with Crippen LogP contribution < -0.4 is 10.5 Å². The molecule has 0 radical (unpaired) electrons. The van der Waals surface area contributed by atoms with Crippen LogP contribution in [0.3, 0.4) is 0 Å². The number of carbonyl (C=O) groups is 1. The van der Waals surface area contributed by atoms with Crippen LogP contribution in [-0.4, -0.2) is 27.4 Å². The molecule has 2 aromatic heterocycles. The highest BCUT2D eigenvalue weighted by Gasteiger charge is 2.32. The minimum atomic E-state index is -0.187. The first-order chi connectivity index (χ1) is 14.3. The Bertz CT molecular complexity index is 1200. The van der Waals surface area contributed by atoms with Crippen molar-refractivity contribution in [1.29, 1.82) is 0 Å². The van der Waals surface area contributed by atoms with Crippen LogP contribution in [0.15, 0.2) is 29.1 Å². The maximum Gasteiger partial charge on any atom is 0.279 e. The van der Waals surface area contributed by atoms with Crippen molar-refractivity contribution in [3.05, 3.63) is 50.6 Å². The molecule has 1 amide bonds. The first-order valence-electron chi connectivity index (χ1n) is 10.6. The molecule has 3 aromatic rings. The molecule has 0 unspecified atom stereocenters. The van der Waals surface area contributed by atoms with Crippen LogP contribution in [0.2, 0.25) is 0 Å². The smallest absolute Gasteiger partial charge is 0.279 e. The number of aromatic nitrogens is 3. The van der Waals surface area contributed by atoms with E-state index in [4.69, 9.17) is 0 Å². The van der Waals surface area contributed by atoms with Crippen LogP contribution in [0, 0.1) is 11.3 Å². The van der Waals surface area contributed by atoms with Crippen LogP contribution in [0.25, 0.3) is 10.2 Å². The van der Waals surface area contributed by atoms with Gasteiger partial charge in [-0.1, -0.05) is 44.2 Å². The number of benzene rings is 1. The molecule has 7 heteroatoms. The lowest BCUT2D eigenvalue weighted by Gasteiger charge is -2.33. The predicted molar refractivity (Wildman–Crippen MR) is 119 cm³/mol. The molecule has 1 aliphatic heterocycles. The molecule has 0 spiro atoms. The number of hydrogen-bond donors (Lipinski definition) is 0. The van der Waals surface area contributed by atoms with Crippen LogP contribution >= 0.6 is 11.3 Å². The molecule has 0 bridgehead atoms. The standard InChI is InChI=1S/C23H26N4O2S/c1-23(2,3)15-8-9-16-18(12-15)30-21-20(16)22(29)27(25-24-21)13-19(28)26-11-10-14-6-4-5-7-17(14)26/h4-7,15H,8-13H2,1-3H3/t15-/m0/s1. The Hall–Kier alpha value is -2.54. The summed E-state index contributed by atoms with van der Waals surface area (Å²) < 4.78 is 1.24. The van der Waals surface area contributed by atoms with Crippen molar-refractivity contribution in [2.75, 3.05) is 11.4 Å². The van der Waals surface area contributed by atoms with E-state index in [2.05, 4.69) is 31.1 Å². The van der Waals surface area contributed by atoms with E-state index < -0.39 is 0 Å². The van der Waals surface area contributed by atoms with Gasteiger partial charge >= 0.3 is 0 Å². The van der Waals surface area contributed by atoms with E-state index in [0.29, 0.717) is 22.7 Å². The number of anilines is 1. The van der Waals surface area contributed by atoms with Crippen LogP contribution in [0.5, 0.6) is 0 Å². The molecule has 6 nitrogen and oxygen atoms in total. The maximum absolute atomic E-state index is 13.2. The van der Waals surface area contributed by atoms with E-state index in [1.807, 2.05) is 24.3 Å². The fraction of sp³-hybridized carbons (Fsp3) is 0.478. The minimum Gasteiger partial charge on any atom is -0.310 e. The first-order valence-corrected chi connectivity index (χ1v) is 11.4. The van der Waals surface area contributed by atoms with E-state index >= 15 is 0 Å². The molecule has 2 aliphatic rings. The predicted octanol–water partition coefficient (Wildman–Crippen LogP) is 3.59. The molecule has 0 N–H and O–H groups in total. The van der Waals surface area contributed by atoms with Gasteiger partial charge in [0.1, 0.15) is 6.54 Å². The third-order valence-electron chi connectivity index (χ3n) is 6.64. The average Bonchev–Trinajstić information content (AvgIpc) is 3.30. The molecule has 156 valence electrons. The zero-order valence-corrected chi connectivity index (χ0v) is 18.5. The third kappa shape index (κ3) is 3.16. The quantitative estimate of drug-likeness (QED) is 0.633. The molecule has 0 fully saturated rings. The van der Waals surface area contributed by atoms with Crippen molar-refractivity contribution < 1.29 is 4.79 Å². The number of hydrogen-bond acceptors (Lipinski definition) is 5. The summed E-state index contributed by atoms with van der Waals surface area (Å²) in [4.78, 5) is 29.9.